The van der Waals surface area contributed by atoms with Crippen LogP contribution < -0.4 is 11.2 Å². The molecule has 1 unspecified atom stereocenters. The van der Waals surface area contributed by atoms with Crippen molar-refractivity contribution in [3.05, 3.63) is 68.5 Å². The van der Waals surface area contributed by atoms with Crippen molar-refractivity contribution in [2.75, 3.05) is 6.61 Å². The minimum Gasteiger partial charge on any atom is -0.345 e. The van der Waals surface area contributed by atoms with E-state index < -0.39 is 5.69 Å². The van der Waals surface area contributed by atoms with Crippen LogP contribution in [0.4, 0.5) is 0 Å². The summed E-state index contributed by atoms with van der Waals surface area (Å²) in [6.45, 7) is 0.622. The molecule has 1 aliphatic rings. The van der Waals surface area contributed by atoms with E-state index in [1.165, 1.54) is 10.8 Å². The number of aromatic nitrogens is 2. The molecule has 2 aromatic rings. The zero-order valence-corrected chi connectivity index (χ0v) is 10.7. The van der Waals surface area contributed by atoms with Crippen molar-refractivity contribution in [3.8, 4) is 0 Å². The average molecular weight is 274 g/mol. The molecule has 20 heavy (non-hydrogen) atoms. The summed E-state index contributed by atoms with van der Waals surface area (Å²) in [5.41, 5.74) is 0.691. The van der Waals surface area contributed by atoms with Gasteiger partial charge in [0, 0.05) is 18.2 Å². The summed E-state index contributed by atoms with van der Waals surface area (Å²) in [5.74, 6) is 0. The van der Waals surface area contributed by atoms with E-state index >= 15 is 0 Å². The van der Waals surface area contributed by atoms with Crippen LogP contribution in [0.5, 0.6) is 0 Å². The van der Waals surface area contributed by atoms with E-state index in [-0.39, 0.29) is 18.6 Å². The third-order valence-electron chi connectivity index (χ3n) is 3.02. The zero-order valence-electron chi connectivity index (χ0n) is 10.7. The molecule has 0 bridgehead atoms. The van der Waals surface area contributed by atoms with Gasteiger partial charge in [-0.15, -0.1) is 0 Å². The topological polar surface area (TPSA) is 76.6 Å². The Balaban J connectivity index is 1.83. The second-order valence-corrected chi connectivity index (χ2v) is 4.60. The smallest absolute Gasteiger partial charge is 0.330 e. The highest BCUT2D eigenvalue weighted by molar-refractivity contribution is 5.22. The zero-order chi connectivity index (χ0) is 13.9. The van der Waals surface area contributed by atoms with Gasteiger partial charge in [0.25, 0.3) is 5.56 Å². The second-order valence-electron chi connectivity index (χ2n) is 4.60. The molecule has 0 radical (unpaired) electrons. The van der Waals surface area contributed by atoms with Crippen LogP contribution >= 0.6 is 0 Å². The van der Waals surface area contributed by atoms with Crippen LogP contribution in [0.2, 0.25) is 0 Å². The second kappa shape index (κ2) is 5.44. The highest BCUT2D eigenvalue weighted by Gasteiger charge is 2.23. The third kappa shape index (κ3) is 3.04. The predicted octanol–water partition coefficient (Wildman–Crippen LogP) is 0.458. The fourth-order valence-corrected chi connectivity index (χ4v) is 1.89. The van der Waals surface area contributed by atoms with Gasteiger partial charge >= 0.3 is 5.69 Å². The minimum atomic E-state index is -0.479. The maximum Gasteiger partial charge on any atom is 0.330 e. The molecule has 1 aromatic carbocycles. The molecule has 1 aliphatic heterocycles. The number of rotatable bonds is 5. The first-order valence-corrected chi connectivity index (χ1v) is 6.32. The molecule has 0 amide bonds. The number of H-pyrrole nitrogens is 1. The van der Waals surface area contributed by atoms with Crippen LogP contribution in [0.25, 0.3) is 0 Å². The molecule has 1 atom stereocenters. The minimum absolute atomic E-state index is 0.0715. The quantitative estimate of drug-likeness (QED) is 0.803. The van der Waals surface area contributed by atoms with Gasteiger partial charge in [0.2, 0.25) is 0 Å². The Bertz CT molecular complexity index is 701. The van der Waals surface area contributed by atoms with Crippen molar-refractivity contribution in [1.29, 1.82) is 0 Å². The lowest BCUT2D eigenvalue weighted by atomic mass is 10.1. The molecule has 0 saturated carbocycles. The van der Waals surface area contributed by atoms with Gasteiger partial charge in [-0.05, 0) is 5.56 Å². The highest BCUT2D eigenvalue weighted by Crippen LogP contribution is 2.10. The van der Waals surface area contributed by atoms with Gasteiger partial charge in [-0.2, -0.15) is 0 Å². The molecule has 0 aliphatic carbocycles. The molecule has 1 N–H and O–H groups in total. The van der Waals surface area contributed by atoms with E-state index in [9.17, 15) is 9.59 Å². The van der Waals surface area contributed by atoms with Crippen molar-refractivity contribution < 1.29 is 9.47 Å². The van der Waals surface area contributed by atoms with E-state index in [0.29, 0.717) is 18.6 Å². The molecule has 6 heteroatoms. The number of nitrogens with one attached hydrogen (secondary N) is 1. The SMILES string of the molecule is O=c1[nH]c(=O)n(COC2CO2)cc1Cc1ccccc1. The summed E-state index contributed by atoms with van der Waals surface area (Å²) < 4.78 is 11.5. The Morgan fingerprint density at radius 1 is 1.30 bits per heavy atom. The molecule has 6 nitrogen and oxygen atoms in total. The molecule has 1 saturated heterocycles. The van der Waals surface area contributed by atoms with Crippen LogP contribution in [-0.2, 0) is 22.6 Å². The highest BCUT2D eigenvalue weighted by atomic mass is 16.8. The van der Waals surface area contributed by atoms with Crippen molar-refractivity contribution in [1.82, 2.24) is 9.55 Å². The molecule has 1 fully saturated rings. The van der Waals surface area contributed by atoms with Crippen molar-refractivity contribution in [2.24, 2.45) is 0 Å². The monoisotopic (exact) mass is 274 g/mol. The number of epoxide rings is 1. The summed E-state index contributed by atoms with van der Waals surface area (Å²) in [7, 11) is 0. The summed E-state index contributed by atoms with van der Waals surface area (Å²) in [5, 5.41) is 0. The van der Waals surface area contributed by atoms with E-state index in [1.807, 2.05) is 30.3 Å². The molecule has 104 valence electrons. The van der Waals surface area contributed by atoms with Crippen molar-refractivity contribution in [3.63, 3.8) is 0 Å². The largest absolute Gasteiger partial charge is 0.345 e. The van der Waals surface area contributed by atoms with Crippen molar-refractivity contribution >= 4 is 0 Å². The Labute approximate surface area is 114 Å². The van der Waals surface area contributed by atoms with Crippen LogP contribution in [0.3, 0.4) is 0 Å². The van der Waals surface area contributed by atoms with E-state index in [1.54, 1.807) is 0 Å². The normalized spacial score (nSPS) is 17.1. The fraction of sp³-hybridized carbons (Fsp3) is 0.286. The third-order valence-corrected chi connectivity index (χ3v) is 3.02. The van der Waals surface area contributed by atoms with Gasteiger partial charge in [0.1, 0.15) is 13.3 Å². The lowest BCUT2D eigenvalue weighted by Crippen LogP contribution is -2.32. The number of nitrogens with zero attached hydrogens (tertiary/aromatic N) is 1. The van der Waals surface area contributed by atoms with E-state index in [0.717, 1.165) is 5.56 Å². The summed E-state index contributed by atoms with van der Waals surface area (Å²) >= 11 is 0. The Morgan fingerprint density at radius 3 is 2.75 bits per heavy atom. The van der Waals surface area contributed by atoms with Crippen LogP contribution in [0, 0.1) is 0 Å². The standard InChI is InChI=1S/C14H14N2O4/c17-13-11(6-10-4-2-1-3-5-10)7-16(14(18)15-13)9-20-12-8-19-12/h1-5,7,12H,6,8-9H2,(H,15,17,18). The van der Waals surface area contributed by atoms with Gasteiger partial charge < -0.3 is 9.47 Å². The van der Waals surface area contributed by atoms with Crippen molar-refractivity contribution in [2.45, 2.75) is 19.4 Å². The number of hydrogen-bond donors (Lipinski definition) is 1. The first-order chi connectivity index (χ1) is 9.72. The molecule has 0 spiro atoms. The maximum absolute atomic E-state index is 11.8. The van der Waals surface area contributed by atoms with Gasteiger partial charge in [0.15, 0.2) is 6.29 Å². The number of aromatic amines is 1. The summed E-state index contributed by atoms with van der Waals surface area (Å²) in [6, 6.07) is 9.60. The lowest BCUT2D eigenvalue weighted by molar-refractivity contribution is 0.00484. The summed E-state index contributed by atoms with van der Waals surface area (Å²) in [4.78, 5) is 25.8. The number of benzene rings is 1. The van der Waals surface area contributed by atoms with E-state index in [2.05, 4.69) is 4.98 Å². The first-order valence-electron chi connectivity index (χ1n) is 6.32. The van der Waals surface area contributed by atoms with Gasteiger partial charge in [-0.1, -0.05) is 30.3 Å². The molecular formula is C14H14N2O4. The number of ether oxygens (including phenoxy) is 2. The van der Waals surface area contributed by atoms with Gasteiger partial charge in [0.05, 0.1) is 0 Å². The maximum atomic E-state index is 11.8. The Hall–Kier alpha value is -2.18. The predicted molar refractivity (Wildman–Crippen MR) is 71.4 cm³/mol. The summed E-state index contributed by atoms with van der Waals surface area (Å²) in [6.07, 6.45) is 1.78. The first kappa shape index (κ1) is 12.8. The van der Waals surface area contributed by atoms with E-state index in [4.69, 9.17) is 9.47 Å². The lowest BCUT2D eigenvalue weighted by Gasteiger charge is -2.07. The number of hydrogen-bond acceptors (Lipinski definition) is 4. The molecule has 2 heterocycles. The van der Waals surface area contributed by atoms with Gasteiger partial charge in [-0.25, -0.2) is 4.79 Å². The van der Waals surface area contributed by atoms with Crippen LogP contribution in [-0.4, -0.2) is 22.4 Å². The molecular weight excluding hydrogens is 260 g/mol. The Kier molecular flexibility index (Phi) is 3.49. The van der Waals surface area contributed by atoms with Gasteiger partial charge in [-0.3, -0.25) is 14.3 Å². The van der Waals surface area contributed by atoms with Crippen LogP contribution in [0.15, 0.2) is 46.1 Å². The Morgan fingerprint density at radius 2 is 2.05 bits per heavy atom. The average Bonchev–Trinajstić information content (AvgIpc) is 3.26. The molecule has 1 aromatic heterocycles. The molecule has 3 rings (SSSR count). The van der Waals surface area contributed by atoms with Crippen LogP contribution in [0.1, 0.15) is 11.1 Å². The fourth-order valence-electron chi connectivity index (χ4n) is 1.89.